The minimum Gasteiger partial charge on any atom is -0.492 e. The van der Waals surface area contributed by atoms with Gasteiger partial charge in [-0.05, 0) is 49.6 Å². The first-order valence-corrected chi connectivity index (χ1v) is 10.3. The fourth-order valence-corrected chi connectivity index (χ4v) is 3.68. The summed E-state index contributed by atoms with van der Waals surface area (Å²) in [6.07, 6.45) is 3.58. The van der Waals surface area contributed by atoms with Crippen LogP contribution < -0.4 is 14.8 Å². The van der Waals surface area contributed by atoms with Crippen LogP contribution in [-0.2, 0) is 16.1 Å². The molecule has 2 heterocycles. The summed E-state index contributed by atoms with van der Waals surface area (Å²) in [7, 11) is 0. The molecule has 0 aromatic heterocycles. The standard InChI is InChI=1S/C23H28N2O4/c26-23(16-25-12-14-28-22-7-2-1-5-18(22)15-25)24-19-8-10-20(11-9-19)29-17-21-6-3-4-13-27-21/h1-2,5,7-11,21H,3-4,6,12-17H2,(H,24,26). The molecule has 2 aliphatic heterocycles. The normalized spacial score (nSPS) is 19.5. The number of rotatable bonds is 6. The van der Waals surface area contributed by atoms with Crippen molar-refractivity contribution in [2.24, 2.45) is 0 Å². The quantitative estimate of drug-likeness (QED) is 0.810. The van der Waals surface area contributed by atoms with Gasteiger partial charge in [0.25, 0.3) is 0 Å². The zero-order valence-electron chi connectivity index (χ0n) is 16.6. The summed E-state index contributed by atoms with van der Waals surface area (Å²) in [5.74, 6) is 1.66. The van der Waals surface area contributed by atoms with E-state index < -0.39 is 0 Å². The molecule has 0 saturated carbocycles. The van der Waals surface area contributed by atoms with Crippen molar-refractivity contribution >= 4 is 11.6 Å². The van der Waals surface area contributed by atoms with Gasteiger partial charge in [-0.2, -0.15) is 0 Å². The van der Waals surface area contributed by atoms with Gasteiger partial charge in [-0.1, -0.05) is 18.2 Å². The number of hydrogen-bond donors (Lipinski definition) is 1. The van der Waals surface area contributed by atoms with Crippen molar-refractivity contribution in [2.45, 2.75) is 31.9 Å². The molecular weight excluding hydrogens is 368 g/mol. The Morgan fingerprint density at radius 2 is 1.97 bits per heavy atom. The average molecular weight is 396 g/mol. The molecule has 154 valence electrons. The highest BCUT2D eigenvalue weighted by Gasteiger charge is 2.18. The van der Waals surface area contributed by atoms with Crippen molar-refractivity contribution in [1.29, 1.82) is 0 Å². The third kappa shape index (κ3) is 5.71. The SMILES string of the molecule is O=C(CN1CCOc2ccccc2C1)Nc1ccc(OCC2CCCCO2)cc1. The molecule has 2 aromatic rings. The van der Waals surface area contributed by atoms with E-state index in [1.165, 1.54) is 6.42 Å². The first-order valence-electron chi connectivity index (χ1n) is 10.3. The zero-order chi connectivity index (χ0) is 19.9. The molecule has 1 unspecified atom stereocenters. The molecule has 1 N–H and O–H groups in total. The molecule has 0 aliphatic carbocycles. The molecule has 4 rings (SSSR count). The summed E-state index contributed by atoms with van der Waals surface area (Å²) in [6, 6.07) is 15.5. The number of carbonyl (C=O) groups excluding carboxylic acids is 1. The van der Waals surface area contributed by atoms with Gasteiger partial charge in [0.1, 0.15) is 24.7 Å². The average Bonchev–Trinajstić information content (AvgIpc) is 2.95. The van der Waals surface area contributed by atoms with E-state index >= 15 is 0 Å². The van der Waals surface area contributed by atoms with Crippen LogP contribution in [0.2, 0.25) is 0 Å². The minimum absolute atomic E-state index is 0.0337. The summed E-state index contributed by atoms with van der Waals surface area (Å²) in [6.45, 7) is 3.74. The smallest absolute Gasteiger partial charge is 0.238 e. The van der Waals surface area contributed by atoms with Gasteiger partial charge in [-0.15, -0.1) is 0 Å². The highest BCUT2D eigenvalue weighted by Crippen LogP contribution is 2.22. The van der Waals surface area contributed by atoms with E-state index in [1.807, 2.05) is 48.5 Å². The lowest BCUT2D eigenvalue weighted by Gasteiger charge is -2.22. The van der Waals surface area contributed by atoms with E-state index in [1.54, 1.807) is 0 Å². The number of hydrogen-bond acceptors (Lipinski definition) is 5. The summed E-state index contributed by atoms with van der Waals surface area (Å²) in [4.78, 5) is 14.6. The van der Waals surface area contributed by atoms with E-state index in [0.717, 1.165) is 48.7 Å². The monoisotopic (exact) mass is 396 g/mol. The van der Waals surface area contributed by atoms with Gasteiger partial charge < -0.3 is 19.5 Å². The number of benzene rings is 2. The number of nitrogens with zero attached hydrogens (tertiary/aromatic N) is 1. The molecule has 29 heavy (non-hydrogen) atoms. The van der Waals surface area contributed by atoms with E-state index in [2.05, 4.69) is 10.2 Å². The summed E-state index contributed by atoms with van der Waals surface area (Å²) in [5.41, 5.74) is 1.88. The predicted octanol–water partition coefficient (Wildman–Crippen LogP) is 3.47. The van der Waals surface area contributed by atoms with Gasteiger partial charge in [-0.3, -0.25) is 9.69 Å². The van der Waals surface area contributed by atoms with Crippen LogP contribution in [-0.4, -0.2) is 49.8 Å². The molecule has 2 aromatic carbocycles. The number of amides is 1. The van der Waals surface area contributed by atoms with Crippen molar-refractivity contribution in [3.8, 4) is 11.5 Å². The molecule has 0 bridgehead atoms. The molecule has 1 saturated heterocycles. The van der Waals surface area contributed by atoms with Gasteiger partial charge in [0.15, 0.2) is 0 Å². The lowest BCUT2D eigenvalue weighted by molar-refractivity contribution is -0.117. The van der Waals surface area contributed by atoms with Gasteiger partial charge in [0, 0.05) is 30.9 Å². The van der Waals surface area contributed by atoms with Crippen LogP contribution in [0.3, 0.4) is 0 Å². The van der Waals surface area contributed by atoms with Crippen molar-refractivity contribution in [2.75, 3.05) is 38.2 Å². The molecular formula is C23H28N2O4. The fraction of sp³-hybridized carbons (Fsp3) is 0.435. The first kappa shape index (κ1) is 19.7. The number of para-hydroxylation sites is 1. The number of ether oxygens (including phenoxy) is 3. The third-order valence-corrected chi connectivity index (χ3v) is 5.25. The summed E-state index contributed by atoms with van der Waals surface area (Å²) >= 11 is 0. The Kier molecular flexibility index (Phi) is 6.64. The largest absolute Gasteiger partial charge is 0.492 e. The van der Waals surface area contributed by atoms with Crippen LogP contribution in [0, 0.1) is 0 Å². The Hall–Kier alpha value is -2.57. The van der Waals surface area contributed by atoms with Gasteiger partial charge in [-0.25, -0.2) is 0 Å². The molecule has 0 radical (unpaired) electrons. The predicted molar refractivity (Wildman–Crippen MR) is 111 cm³/mol. The van der Waals surface area contributed by atoms with Crippen LogP contribution in [0.4, 0.5) is 5.69 Å². The second kappa shape index (κ2) is 9.76. The third-order valence-electron chi connectivity index (χ3n) is 5.25. The lowest BCUT2D eigenvalue weighted by atomic mass is 10.1. The number of anilines is 1. The Balaban J connectivity index is 1.25. The summed E-state index contributed by atoms with van der Waals surface area (Å²) in [5, 5.41) is 2.96. The van der Waals surface area contributed by atoms with E-state index in [4.69, 9.17) is 14.2 Å². The molecule has 1 amide bonds. The van der Waals surface area contributed by atoms with Crippen molar-refractivity contribution < 1.29 is 19.0 Å². The number of fused-ring (bicyclic) bond motifs is 1. The topological polar surface area (TPSA) is 60.0 Å². The van der Waals surface area contributed by atoms with Crippen LogP contribution in [0.15, 0.2) is 48.5 Å². The molecule has 6 heteroatoms. The maximum atomic E-state index is 12.5. The maximum Gasteiger partial charge on any atom is 0.238 e. The van der Waals surface area contributed by atoms with Gasteiger partial charge in [0.2, 0.25) is 5.91 Å². The molecule has 1 atom stereocenters. The van der Waals surface area contributed by atoms with Crippen molar-refractivity contribution in [3.05, 3.63) is 54.1 Å². The zero-order valence-corrected chi connectivity index (χ0v) is 16.6. The van der Waals surface area contributed by atoms with Crippen LogP contribution in [0.5, 0.6) is 11.5 Å². The van der Waals surface area contributed by atoms with E-state index in [-0.39, 0.29) is 12.0 Å². The van der Waals surface area contributed by atoms with Crippen LogP contribution in [0.1, 0.15) is 24.8 Å². The second-order valence-corrected chi connectivity index (χ2v) is 7.54. The molecule has 0 spiro atoms. The van der Waals surface area contributed by atoms with Gasteiger partial charge in [0.05, 0.1) is 12.6 Å². The first-order chi connectivity index (χ1) is 14.3. The van der Waals surface area contributed by atoms with E-state index in [0.29, 0.717) is 26.3 Å². The highest BCUT2D eigenvalue weighted by atomic mass is 16.5. The number of carbonyl (C=O) groups is 1. The molecule has 6 nitrogen and oxygen atoms in total. The Morgan fingerprint density at radius 3 is 2.79 bits per heavy atom. The maximum absolute atomic E-state index is 12.5. The molecule has 1 fully saturated rings. The van der Waals surface area contributed by atoms with Crippen LogP contribution >= 0.6 is 0 Å². The van der Waals surface area contributed by atoms with Crippen LogP contribution in [0.25, 0.3) is 0 Å². The van der Waals surface area contributed by atoms with Crippen molar-refractivity contribution in [3.63, 3.8) is 0 Å². The summed E-state index contributed by atoms with van der Waals surface area (Å²) < 4.78 is 17.3. The Morgan fingerprint density at radius 1 is 1.10 bits per heavy atom. The highest BCUT2D eigenvalue weighted by molar-refractivity contribution is 5.92. The minimum atomic E-state index is -0.0337. The lowest BCUT2D eigenvalue weighted by Crippen LogP contribution is -2.34. The second-order valence-electron chi connectivity index (χ2n) is 7.54. The Bertz CT molecular complexity index is 803. The molecule has 2 aliphatic rings. The number of nitrogens with one attached hydrogen (secondary N) is 1. The van der Waals surface area contributed by atoms with Gasteiger partial charge >= 0.3 is 0 Å². The Labute approximate surface area is 171 Å². The fourth-order valence-electron chi connectivity index (χ4n) is 3.68. The van der Waals surface area contributed by atoms with Crippen molar-refractivity contribution in [1.82, 2.24) is 4.90 Å². The van der Waals surface area contributed by atoms with E-state index in [9.17, 15) is 4.79 Å².